The molecule has 8 heteroatoms. The highest BCUT2D eigenvalue weighted by Gasteiger charge is 2.26. The molecule has 0 aliphatic carbocycles. The summed E-state index contributed by atoms with van der Waals surface area (Å²) in [5.74, 6) is -0.848. The number of nitrogens with one attached hydrogen (secondary N) is 2. The molecule has 1 aromatic heterocycles. The van der Waals surface area contributed by atoms with Crippen molar-refractivity contribution in [3.63, 3.8) is 0 Å². The lowest BCUT2D eigenvalue weighted by atomic mass is 10.1. The fourth-order valence-electron chi connectivity index (χ4n) is 3.13. The van der Waals surface area contributed by atoms with E-state index < -0.39 is 11.8 Å². The van der Waals surface area contributed by atoms with Crippen molar-refractivity contribution in [1.29, 1.82) is 0 Å². The number of hydrogen-bond donors (Lipinski definition) is 2. The van der Waals surface area contributed by atoms with Gasteiger partial charge in [0.1, 0.15) is 11.3 Å². The van der Waals surface area contributed by atoms with Gasteiger partial charge in [0.2, 0.25) is 0 Å². The summed E-state index contributed by atoms with van der Waals surface area (Å²) in [5, 5.41) is 5.42. The van der Waals surface area contributed by atoms with Crippen molar-refractivity contribution in [2.24, 2.45) is 0 Å². The van der Waals surface area contributed by atoms with Crippen LogP contribution in [0.15, 0.2) is 60.3 Å². The second kappa shape index (κ2) is 7.33. The Bertz CT molecular complexity index is 1190. The van der Waals surface area contributed by atoms with Crippen LogP contribution in [0.5, 0.6) is 5.75 Å². The highest BCUT2D eigenvalue weighted by molar-refractivity contribution is 7.80. The van der Waals surface area contributed by atoms with Crippen LogP contribution in [0, 0.1) is 0 Å². The lowest BCUT2D eigenvalue weighted by Gasteiger charge is -2.16. The lowest BCUT2D eigenvalue weighted by molar-refractivity contribution is -0.123. The Labute approximate surface area is 171 Å². The number of methoxy groups -OCH3 is 1. The smallest absolute Gasteiger partial charge is 0.263 e. The minimum Gasteiger partial charge on any atom is -0.497 e. The molecule has 1 fully saturated rings. The van der Waals surface area contributed by atoms with Crippen molar-refractivity contribution in [2.75, 3.05) is 7.11 Å². The number of fused-ring (bicyclic) bond motifs is 1. The van der Waals surface area contributed by atoms with E-state index in [1.165, 1.54) is 17.8 Å². The summed E-state index contributed by atoms with van der Waals surface area (Å²) in [6, 6.07) is 14.1. The number of aromatic nitrogens is 1. The fourth-order valence-corrected chi connectivity index (χ4v) is 3.31. The van der Waals surface area contributed by atoms with Gasteiger partial charge < -0.3 is 4.74 Å². The first kappa shape index (κ1) is 18.6. The number of nitrogens with zero attached hydrogens (tertiary/aromatic N) is 1. The Morgan fingerprint density at radius 2 is 1.76 bits per heavy atom. The van der Waals surface area contributed by atoms with Crippen LogP contribution in [-0.2, 0) is 9.59 Å². The van der Waals surface area contributed by atoms with E-state index in [4.69, 9.17) is 17.0 Å². The van der Waals surface area contributed by atoms with Crippen LogP contribution in [0.4, 0.5) is 0 Å². The van der Waals surface area contributed by atoms with Crippen LogP contribution in [0.1, 0.15) is 15.9 Å². The molecule has 1 aliphatic heterocycles. The fraction of sp³-hybridized carbons (Fsp3) is 0.0476. The van der Waals surface area contributed by atoms with Gasteiger partial charge in [-0.2, -0.15) is 0 Å². The van der Waals surface area contributed by atoms with Gasteiger partial charge in [-0.15, -0.1) is 0 Å². The topological polar surface area (TPSA) is 89.4 Å². The van der Waals surface area contributed by atoms with E-state index in [1.807, 2.05) is 6.07 Å². The standard InChI is InChI=1S/C21H15N3O4S/c1-28-14-7-8-17-15(10-14)13(9-16-18(25)22-21(29)23-19(16)26)11-24(17)20(27)12-5-3-2-4-6-12/h2-11H,1H3,(H2,22,23,25,26,29). The van der Waals surface area contributed by atoms with Gasteiger partial charge in [0.05, 0.1) is 12.6 Å². The average molecular weight is 405 g/mol. The molecule has 2 heterocycles. The first-order valence-electron chi connectivity index (χ1n) is 8.65. The molecule has 0 radical (unpaired) electrons. The van der Waals surface area contributed by atoms with Crippen LogP contribution in [0.3, 0.4) is 0 Å². The number of amides is 2. The normalized spacial score (nSPS) is 13.8. The van der Waals surface area contributed by atoms with Crippen molar-refractivity contribution in [2.45, 2.75) is 0 Å². The van der Waals surface area contributed by atoms with Gasteiger partial charge in [-0.3, -0.25) is 29.6 Å². The SMILES string of the molecule is COc1ccc2c(c1)c(C=C1C(=O)NC(=S)NC1=O)cn2C(=O)c1ccccc1. The zero-order valence-corrected chi connectivity index (χ0v) is 16.1. The molecule has 0 saturated carbocycles. The lowest BCUT2D eigenvalue weighted by Crippen LogP contribution is -2.51. The zero-order chi connectivity index (χ0) is 20.5. The van der Waals surface area contributed by atoms with Gasteiger partial charge in [-0.1, -0.05) is 18.2 Å². The minimum atomic E-state index is -0.600. The van der Waals surface area contributed by atoms with E-state index in [0.717, 1.165) is 0 Å². The molecule has 1 aliphatic rings. The summed E-state index contributed by atoms with van der Waals surface area (Å²) in [7, 11) is 1.54. The molecule has 0 spiro atoms. The number of benzene rings is 2. The van der Waals surface area contributed by atoms with E-state index in [2.05, 4.69) is 10.6 Å². The summed E-state index contributed by atoms with van der Waals surface area (Å²) in [6.45, 7) is 0. The number of carbonyl (C=O) groups excluding carboxylic acids is 3. The summed E-state index contributed by atoms with van der Waals surface area (Å²) in [6.07, 6.45) is 3.03. The van der Waals surface area contributed by atoms with Crippen molar-refractivity contribution in [3.05, 3.63) is 71.4 Å². The van der Waals surface area contributed by atoms with E-state index in [-0.39, 0.29) is 16.6 Å². The summed E-state index contributed by atoms with van der Waals surface area (Å²) >= 11 is 4.82. The van der Waals surface area contributed by atoms with E-state index >= 15 is 0 Å². The van der Waals surface area contributed by atoms with Crippen LogP contribution in [0.25, 0.3) is 17.0 Å². The quantitative estimate of drug-likeness (QED) is 0.396. The molecule has 0 bridgehead atoms. The van der Waals surface area contributed by atoms with Crippen LogP contribution < -0.4 is 15.4 Å². The van der Waals surface area contributed by atoms with Gasteiger partial charge >= 0.3 is 0 Å². The number of carbonyl (C=O) groups is 3. The molecule has 0 atom stereocenters. The van der Waals surface area contributed by atoms with Gasteiger partial charge in [0, 0.05) is 22.7 Å². The number of thiocarbonyl (C=S) groups is 1. The maximum absolute atomic E-state index is 13.0. The van der Waals surface area contributed by atoms with Crippen LogP contribution >= 0.6 is 12.2 Å². The Kier molecular flexibility index (Phi) is 4.69. The van der Waals surface area contributed by atoms with Gasteiger partial charge in [-0.05, 0) is 48.6 Å². The third-order valence-electron chi connectivity index (χ3n) is 4.53. The maximum Gasteiger partial charge on any atom is 0.263 e. The molecule has 3 aromatic rings. The number of rotatable bonds is 3. The first-order chi connectivity index (χ1) is 14.0. The summed E-state index contributed by atoms with van der Waals surface area (Å²) < 4.78 is 6.77. The molecule has 0 unspecified atom stereocenters. The molecule has 1 saturated heterocycles. The Hall–Kier alpha value is -3.78. The van der Waals surface area contributed by atoms with E-state index in [1.54, 1.807) is 48.7 Å². The first-order valence-corrected chi connectivity index (χ1v) is 9.06. The molecule has 2 N–H and O–H groups in total. The summed E-state index contributed by atoms with van der Waals surface area (Å²) in [5.41, 5.74) is 1.56. The summed E-state index contributed by atoms with van der Waals surface area (Å²) in [4.78, 5) is 37.5. The highest BCUT2D eigenvalue weighted by atomic mass is 32.1. The molecule has 2 amide bonds. The molecule has 7 nitrogen and oxygen atoms in total. The number of hydrogen-bond acceptors (Lipinski definition) is 5. The van der Waals surface area contributed by atoms with Crippen LogP contribution in [-0.4, -0.2) is 34.5 Å². The van der Waals surface area contributed by atoms with E-state index in [0.29, 0.717) is 27.8 Å². The Morgan fingerprint density at radius 3 is 2.41 bits per heavy atom. The third-order valence-corrected chi connectivity index (χ3v) is 4.73. The van der Waals surface area contributed by atoms with Crippen molar-refractivity contribution >= 4 is 52.0 Å². The number of ether oxygens (including phenoxy) is 1. The van der Waals surface area contributed by atoms with Crippen molar-refractivity contribution in [1.82, 2.24) is 15.2 Å². The maximum atomic E-state index is 13.0. The molecular weight excluding hydrogens is 390 g/mol. The molecule has 4 rings (SSSR count). The second-order valence-electron chi connectivity index (χ2n) is 6.30. The van der Waals surface area contributed by atoms with Crippen molar-refractivity contribution in [3.8, 4) is 5.75 Å². The Morgan fingerprint density at radius 1 is 1.07 bits per heavy atom. The highest BCUT2D eigenvalue weighted by Crippen LogP contribution is 2.28. The average Bonchev–Trinajstić information content (AvgIpc) is 3.08. The molecular formula is C21H15N3O4S. The largest absolute Gasteiger partial charge is 0.497 e. The molecule has 144 valence electrons. The second-order valence-corrected chi connectivity index (χ2v) is 6.71. The predicted octanol–water partition coefficient (Wildman–Crippen LogP) is 2.25. The van der Waals surface area contributed by atoms with Gasteiger partial charge in [-0.25, -0.2) is 0 Å². The van der Waals surface area contributed by atoms with Crippen molar-refractivity contribution < 1.29 is 19.1 Å². The molecule has 2 aromatic carbocycles. The molecule has 29 heavy (non-hydrogen) atoms. The van der Waals surface area contributed by atoms with Gasteiger partial charge in [0.25, 0.3) is 17.7 Å². The third kappa shape index (κ3) is 3.41. The van der Waals surface area contributed by atoms with Gasteiger partial charge in [0.15, 0.2) is 5.11 Å². The van der Waals surface area contributed by atoms with Crippen LogP contribution in [0.2, 0.25) is 0 Å². The van der Waals surface area contributed by atoms with E-state index in [9.17, 15) is 14.4 Å². The predicted molar refractivity (Wildman–Crippen MR) is 112 cm³/mol. The monoisotopic (exact) mass is 405 g/mol. The zero-order valence-electron chi connectivity index (χ0n) is 15.3. The minimum absolute atomic E-state index is 0.0412. The Balaban J connectivity index is 1.89.